The van der Waals surface area contributed by atoms with Crippen LogP contribution in [0.3, 0.4) is 0 Å². The van der Waals surface area contributed by atoms with Crippen LogP contribution in [0.15, 0.2) is 60.9 Å². The van der Waals surface area contributed by atoms with Crippen molar-refractivity contribution in [1.82, 2.24) is 25.0 Å². The Labute approximate surface area is 202 Å². The average Bonchev–Trinajstić information content (AvgIpc) is 3.15. The van der Waals surface area contributed by atoms with Gasteiger partial charge in [0.05, 0.1) is 23.0 Å². The van der Waals surface area contributed by atoms with Gasteiger partial charge in [-0.05, 0) is 42.8 Å². The molecule has 35 heavy (non-hydrogen) atoms. The summed E-state index contributed by atoms with van der Waals surface area (Å²) >= 11 is 0. The molecule has 1 aromatic carbocycles. The van der Waals surface area contributed by atoms with Gasteiger partial charge in [-0.3, -0.25) is 24.3 Å². The first-order valence-corrected chi connectivity index (χ1v) is 11.6. The van der Waals surface area contributed by atoms with Gasteiger partial charge in [-0.1, -0.05) is 12.1 Å². The number of pyridine rings is 1. The van der Waals surface area contributed by atoms with E-state index in [2.05, 4.69) is 25.4 Å². The lowest BCUT2D eigenvalue weighted by Gasteiger charge is -2.35. The van der Waals surface area contributed by atoms with Crippen molar-refractivity contribution in [2.24, 2.45) is 0 Å². The minimum absolute atomic E-state index is 0.0309. The normalized spacial score (nSPS) is 15.4. The Morgan fingerprint density at radius 1 is 0.886 bits per heavy atom. The number of hydrogen-bond donors (Lipinski definition) is 1. The van der Waals surface area contributed by atoms with Crippen molar-refractivity contribution in [2.75, 3.05) is 42.9 Å². The molecule has 4 heterocycles. The molecule has 10 nitrogen and oxygen atoms in total. The molecule has 3 amide bonds. The number of carbonyl (C=O) groups excluding carboxylic acids is 3. The first-order valence-electron chi connectivity index (χ1n) is 11.6. The van der Waals surface area contributed by atoms with E-state index in [4.69, 9.17) is 0 Å². The molecule has 1 saturated heterocycles. The number of nitrogens with one attached hydrogen (secondary N) is 1. The highest BCUT2D eigenvalue weighted by Crippen LogP contribution is 2.23. The zero-order valence-electron chi connectivity index (χ0n) is 19.1. The smallest absolute Gasteiger partial charge is 0.261 e. The Morgan fingerprint density at radius 2 is 1.63 bits per heavy atom. The molecule has 0 radical (unpaired) electrons. The summed E-state index contributed by atoms with van der Waals surface area (Å²) in [5.74, 6) is 0.861. The van der Waals surface area contributed by atoms with Crippen LogP contribution in [0.4, 0.5) is 17.3 Å². The van der Waals surface area contributed by atoms with E-state index < -0.39 is 0 Å². The number of amides is 3. The van der Waals surface area contributed by atoms with Gasteiger partial charge in [0.25, 0.3) is 11.8 Å². The third kappa shape index (κ3) is 4.81. The van der Waals surface area contributed by atoms with Crippen LogP contribution in [0.25, 0.3) is 0 Å². The molecule has 178 valence electrons. The zero-order chi connectivity index (χ0) is 24.2. The topological polar surface area (TPSA) is 112 Å². The molecule has 2 aliphatic rings. The lowest BCUT2D eigenvalue weighted by Crippen LogP contribution is -2.49. The molecule has 3 aromatic rings. The van der Waals surface area contributed by atoms with Crippen molar-refractivity contribution in [2.45, 2.75) is 12.8 Å². The number of piperazine rings is 1. The minimum atomic E-state index is -0.283. The van der Waals surface area contributed by atoms with Gasteiger partial charge >= 0.3 is 0 Å². The predicted molar refractivity (Wildman–Crippen MR) is 129 cm³/mol. The average molecular weight is 472 g/mol. The van der Waals surface area contributed by atoms with Gasteiger partial charge in [0, 0.05) is 45.3 Å². The quantitative estimate of drug-likeness (QED) is 0.523. The largest absolute Gasteiger partial charge is 0.352 e. The molecule has 0 spiro atoms. The van der Waals surface area contributed by atoms with E-state index in [0.717, 1.165) is 11.5 Å². The molecule has 1 N–H and O–H groups in total. The number of benzene rings is 1. The third-order valence-corrected chi connectivity index (χ3v) is 6.19. The van der Waals surface area contributed by atoms with E-state index >= 15 is 0 Å². The van der Waals surface area contributed by atoms with Crippen molar-refractivity contribution < 1.29 is 14.4 Å². The Morgan fingerprint density at radius 3 is 2.26 bits per heavy atom. The van der Waals surface area contributed by atoms with Crippen molar-refractivity contribution in [3.63, 3.8) is 0 Å². The summed E-state index contributed by atoms with van der Waals surface area (Å²) in [7, 11) is 0. The number of nitrogens with zero attached hydrogens (tertiary/aromatic N) is 6. The summed E-state index contributed by atoms with van der Waals surface area (Å²) in [5.41, 5.74) is 1.71. The number of carbonyl (C=O) groups is 3. The first-order chi connectivity index (χ1) is 17.1. The highest BCUT2D eigenvalue weighted by atomic mass is 16.2. The summed E-state index contributed by atoms with van der Waals surface area (Å²) in [4.78, 5) is 46.8. The second-order valence-corrected chi connectivity index (χ2v) is 8.42. The number of anilines is 3. The summed E-state index contributed by atoms with van der Waals surface area (Å²) in [6.07, 6.45) is 4.16. The zero-order valence-corrected chi connectivity index (χ0v) is 19.1. The van der Waals surface area contributed by atoms with Gasteiger partial charge in [0.2, 0.25) is 5.91 Å². The second-order valence-electron chi connectivity index (χ2n) is 8.42. The van der Waals surface area contributed by atoms with Gasteiger partial charge in [0.1, 0.15) is 0 Å². The van der Waals surface area contributed by atoms with Crippen molar-refractivity contribution in [1.29, 1.82) is 0 Å². The third-order valence-electron chi connectivity index (χ3n) is 6.19. The maximum absolute atomic E-state index is 12.7. The predicted octanol–water partition coefficient (Wildman–Crippen LogP) is 2.34. The van der Waals surface area contributed by atoms with E-state index in [9.17, 15) is 14.4 Å². The Balaban J connectivity index is 1.07. The molecule has 2 aromatic heterocycles. The SMILES string of the molecule is O=C(CCCN1C(=O)c2ccccc2C1=O)N1CCN(c2ccc(Nc3cccnc3)nn2)CC1. The first kappa shape index (κ1) is 22.5. The van der Waals surface area contributed by atoms with E-state index in [1.807, 2.05) is 29.2 Å². The van der Waals surface area contributed by atoms with E-state index in [1.165, 1.54) is 4.90 Å². The summed E-state index contributed by atoms with van der Waals surface area (Å²) < 4.78 is 0. The van der Waals surface area contributed by atoms with Crippen LogP contribution in [0.1, 0.15) is 33.6 Å². The fourth-order valence-electron chi connectivity index (χ4n) is 4.32. The highest BCUT2D eigenvalue weighted by Gasteiger charge is 2.34. The van der Waals surface area contributed by atoms with Crippen LogP contribution in [-0.2, 0) is 4.79 Å². The van der Waals surface area contributed by atoms with Gasteiger partial charge in [-0.15, -0.1) is 10.2 Å². The Kier molecular flexibility index (Phi) is 6.34. The van der Waals surface area contributed by atoms with Crippen molar-refractivity contribution in [3.05, 3.63) is 72.1 Å². The maximum atomic E-state index is 12.7. The van der Waals surface area contributed by atoms with E-state index in [0.29, 0.717) is 56.0 Å². The molecule has 0 aliphatic carbocycles. The van der Waals surface area contributed by atoms with Crippen LogP contribution >= 0.6 is 0 Å². The number of hydrogen-bond acceptors (Lipinski definition) is 8. The summed E-state index contributed by atoms with van der Waals surface area (Å²) in [6.45, 7) is 2.74. The highest BCUT2D eigenvalue weighted by molar-refractivity contribution is 6.21. The van der Waals surface area contributed by atoms with Gasteiger partial charge < -0.3 is 15.1 Å². The monoisotopic (exact) mass is 471 g/mol. The molecule has 5 rings (SSSR count). The summed E-state index contributed by atoms with van der Waals surface area (Å²) in [6, 6.07) is 14.3. The van der Waals surface area contributed by atoms with Crippen LogP contribution in [-0.4, -0.2) is 75.4 Å². The number of imide groups is 1. The fourth-order valence-corrected chi connectivity index (χ4v) is 4.32. The standard InChI is InChI=1S/C25H25N7O3/c33-23(8-4-12-32-24(34)19-6-1-2-7-20(19)25(32)35)31-15-13-30(14-16-31)22-10-9-21(28-29-22)27-18-5-3-11-26-17-18/h1-3,5-7,9-11,17H,4,8,12-16H2,(H,27,28). The molecular formula is C25H25N7O3. The fraction of sp³-hybridized carbons (Fsp3) is 0.280. The van der Waals surface area contributed by atoms with Crippen LogP contribution in [0, 0.1) is 0 Å². The van der Waals surface area contributed by atoms with Gasteiger partial charge in [-0.2, -0.15) is 0 Å². The van der Waals surface area contributed by atoms with Gasteiger partial charge in [0.15, 0.2) is 11.6 Å². The van der Waals surface area contributed by atoms with E-state index in [1.54, 1.807) is 36.7 Å². The van der Waals surface area contributed by atoms with Crippen LogP contribution in [0.5, 0.6) is 0 Å². The summed E-state index contributed by atoms with van der Waals surface area (Å²) in [5, 5.41) is 11.7. The molecular weight excluding hydrogens is 446 g/mol. The van der Waals surface area contributed by atoms with Crippen LogP contribution in [0.2, 0.25) is 0 Å². The molecule has 2 aliphatic heterocycles. The lowest BCUT2D eigenvalue weighted by atomic mass is 10.1. The minimum Gasteiger partial charge on any atom is -0.352 e. The molecule has 10 heteroatoms. The molecule has 0 saturated carbocycles. The van der Waals surface area contributed by atoms with Crippen LogP contribution < -0.4 is 10.2 Å². The molecule has 0 unspecified atom stereocenters. The Bertz CT molecular complexity index is 1190. The molecule has 1 fully saturated rings. The molecule has 0 atom stereocenters. The molecule has 0 bridgehead atoms. The van der Waals surface area contributed by atoms with E-state index in [-0.39, 0.29) is 24.3 Å². The van der Waals surface area contributed by atoms with Crippen molar-refractivity contribution >= 4 is 35.0 Å². The lowest BCUT2D eigenvalue weighted by molar-refractivity contribution is -0.131. The second kappa shape index (κ2) is 9.88. The Hall–Kier alpha value is -4.34. The number of rotatable bonds is 7. The van der Waals surface area contributed by atoms with Gasteiger partial charge in [-0.25, -0.2) is 0 Å². The number of fused-ring (bicyclic) bond motifs is 1. The van der Waals surface area contributed by atoms with Crippen molar-refractivity contribution in [3.8, 4) is 0 Å². The maximum Gasteiger partial charge on any atom is 0.261 e. The number of aromatic nitrogens is 3.